The predicted octanol–water partition coefficient (Wildman–Crippen LogP) is 4.23. The highest BCUT2D eigenvalue weighted by molar-refractivity contribution is 6.29. The third-order valence-electron chi connectivity index (χ3n) is 5.47. The largest absolute Gasteiger partial charge is 0.487 e. The molecule has 1 fully saturated rings. The van der Waals surface area contributed by atoms with Crippen LogP contribution in [0.4, 0.5) is 15.4 Å². The molecule has 1 unspecified atom stereocenters. The summed E-state index contributed by atoms with van der Waals surface area (Å²) in [6.07, 6.45) is 0.200. The lowest BCUT2D eigenvalue weighted by Crippen LogP contribution is -2.35. The Kier molecular flexibility index (Phi) is 9.31. The molecule has 1 atom stereocenters. The summed E-state index contributed by atoms with van der Waals surface area (Å²) in [5.74, 6) is 1.79. The van der Waals surface area contributed by atoms with Gasteiger partial charge in [-0.05, 0) is 56.6 Å². The molecular weight excluding hydrogens is 530 g/mol. The molecule has 0 spiro atoms. The molecule has 12 nitrogen and oxygen atoms in total. The van der Waals surface area contributed by atoms with E-state index in [0.717, 1.165) is 11.1 Å². The molecule has 1 aliphatic heterocycles. The quantitative estimate of drug-likeness (QED) is 0.244. The number of nitrogens with one attached hydrogen (secondary N) is 2. The number of benzene rings is 1. The number of hydrogen-bond acceptors (Lipinski definition) is 10. The summed E-state index contributed by atoms with van der Waals surface area (Å²) < 4.78 is 27.5. The molecular formula is C26H32ClN5O7. The standard InChI is InChI=1S/C26H32ClN5O7/c1-26(2,3)39-24(33)28-9-12-35-13-10-32-15-18(38-25(32)34)16-37-20-8-4-7-19-21(20)30-23(27)31-22(19)29-14-17-6-5-11-36-17/h4-8,11,18H,9-10,12-16H2,1-3H3,(H,28,33)(H,29,30,31). The van der Waals surface area contributed by atoms with Gasteiger partial charge in [-0.1, -0.05) is 6.07 Å². The zero-order valence-corrected chi connectivity index (χ0v) is 22.8. The second kappa shape index (κ2) is 12.9. The van der Waals surface area contributed by atoms with Crippen LogP contribution in [0.5, 0.6) is 5.75 Å². The van der Waals surface area contributed by atoms with Crippen LogP contribution in [-0.2, 0) is 20.8 Å². The maximum atomic E-state index is 12.3. The molecule has 2 N–H and O–H groups in total. The number of cyclic esters (lactones) is 1. The van der Waals surface area contributed by atoms with Gasteiger partial charge in [-0.25, -0.2) is 19.6 Å². The number of halogens is 1. The number of rotatable bonds is 12. The van der Waals surface area contributed by atoms with Gasteiger partial charge in [0, 0.05) is 18.5 Å². The molecule has 1 saturated heterocycles. The number of ether oxygens (including phenoxy) is 4. The van der Waals surface area contributed by atoms with E-state index in [1.807, 2.05) is 24.3 Å². The molecule has 3 aromatic rings. The first kappa shape index (κ1) is 28.2. The fraction of sp³-hybridized carbons (Fsp3) is 0.462. The number of carbonyl (C=O) groups excluding carboxylic acids is 2. The maximum Gasteiger partial charge on any atom is 0.410 e. The summed E-state index contributed by atoms with van der Waals surface area (Å²) in [6.45, 7) is 7.54. The van der Waals surface area contributed by atoms with Crippen molar-refractivity contribution in [3.05, 3.63) is 47.6 Å². The number of furan rings is 1. The first-order valence-corrected chi connectivity index (χ1v) is 12.9. The van der Waals surface area contributed by atoms with E-state index < -0.39 is 23.9 Å². The van der Waals surface area contributed by atoms with Crippen molar-refractivity contribution >= 4 is 40.5 Å². The second-order valence-electron chi connectivity index (χ2n) is 9.73. The third-order valence-corrected chi connectivity index (χ3v) is 5.64. The van der Waals surface area contributed by atoms with Crippen molar-refractivity contribution in [2.45, 2.75) is 39.0 Å². The molecule has 39 heavy (non-hydrogen) atoms. The highest BCUT2D eigenvalue weighted by Crippen LogP contribution is 2.30. The summed E-state index contributed by atoms with van der Waals surface area (Å²) >= 11 is 6.19. The van der Waals surface area contributed by atoms with Crippen LogP contribution in [0.2, 0.25) is 5.28 Å². The van der Waals surface area contributed by atoms with Gasteiger partial charge in [-0.2, -0.15) is 0 Å². The Morgan fingerprint density at radius 1 is 1.21 bits per heavy atom. The number of nitrogens with zero attached hydrogens (tertiary/aromatic N) is 3. The number of hydrogen-bond donors (Lipinski definition) is 2. The lowest BCUT2D eigenvalue weighted by Gasteiger charge is -2.19. The maximum absolute atomic E-state index is 12.3. The summed E-state index contributed by atoms with van der Waals surface area (Å²) in [5, 5.41) is 6.63. The van der Waals surface area contributed by atoms with E-state index in [0.29, 0.717) is 56.5 Å². The molecule has 2 amide bonds. The first-order chi connectivity index (χ1) is 18.7. The number of carbonyl (C=O) groups is 2. The van der Waals surface area contributed by atoms with E-state index in [4.69, 9.17) is 35.0 Å². The van der Waals surface area contributed by atoms with E-state index in [1.54, 1.807) is 38.0 Å². The van der Waals surface area contributed by atoms with Gasteiger partial charge in [0.2, 0.25) is 5.28 Å². The smallest absolute Gasteiger partial charge is 0.410 e. The third kappa shape index (κ3) is 8.36. The summed E-state index contributed by atoms with van der Waals surface area (Å²) in [5.41, 5.74) is -0.0229. The minimum Gasteiger partial charge on any atom is -0.487 e. The highest BCUT2D eigenvalue weighted by atomic mass is 35.5. The molecule has 0 aliphatic carbocycles. The molecule has 1 aromatic carbocycles. The zero-order valence-electron chi connectivity index (χ0n) is 22.1. The van der Waals surface area contributed by atoms with Gasteiger partial charge in [-0.3, -0.25) is 0 Å². The average Bonchev–Trinajstić information content (AvgIpc) is 3.51. The molecule has 0 bridgehead atoms. The van der Waals surface area contributed by atoms with Gasteiger partial charge in [0.1, 0.15) is 35.1 Å². The Hall–Kier alpha value is -3.77. The van der Waals surface area contributed by atoms with Crippen molar-refractivity contribution in [1.29, 1.82) is 0 Å². The van der Waals surface area contributed by atoms with Crippen molar-refractivity contribution in [1.82, 2.24) is 20.2 Å². The molecule has 1 aliphatic rings. The number of alkyl carbamates (subject to hydrolysis) is 1. The van der Waals surface area contributed by atoms with E-state index in [2.05, 4.69) is 20.6 Å². The summed E-state index contributed by atoms with van der Waals surface area (Å²) in [6, 6.07) is 9.13. The highest BCUT2D eigenvalue weighted by Gasteiger charge is 2.31. The summed E-state index contributed by atoms with van der Waals surface area (Å²) in [4.78, 5) is 34.1. The Morgan fingerprint density at radius 3 is 2.82 bits per heavy atom. The topological polar surface area (TPSA) is 137 Å². The van der Waals surface area contributed by atoms with E-state index in [9.17, 15) is 9.59 Å². The van der Waals surface area contributed by atoms with Gasteiger partial charge in [0.05, 0.1) is 32.6 Å². The monoisotopic (exact) mass is 561 g/mol. The van der Waals surface area contributed by atoms with Crippen molar-refractivity contribution in [2.75, 3.05) is 44.8 Å². The van der Waals surface area contributed by atoms with Crippen LogP contribution in [-0.4, -0.2) is 78.2 Å². The minimum absolute atomic E-state index is 0.0697. The Morgan fingerprint density at radius 2 is 2.05 bits per heavy atom. The lowest BCUT2D eigenvalue weighted by molar-refractivity contribution is 0.0495. The van der Waals surface area contributed by atoms with Crippen molar-refractivity contribution in [3.63, 3.8) is 0 Å². The van der Waals surface area contributed by atoms with Gasteiger partial charge < -0.3 is 38.9 Å². The molecule has 0 radical (unpaired) electrons. The van der Waals surface area contributed by atoms with Crippen molar-refractivity contribution in [3.8, 4) is 5.75 Å². The number of aromatic nitrogens is 2. The van der Waals surface area contributed by atoms with Gasteiger partial charge in [-0.15, -0.1) is 0 Å². The molecule has 3 heterocycles. The first-order valence-electron chi connectivity index (χ1n) is 12.5. The SMILES string of the molecule is CC(C)(C)OC(=O)NCCOCCN1CC(COc2cccc3c(NCc4ccco4)nc(Cl)nc23)OC1=O. The number of amides is 2. The second-order valence-corrected chi connectivity index (χ2v) is 10.1. The van der Waals surface area contributed by atoms with Gasteiger partial charge in [0.25, 0.3) is 0 Å². The van der Waals surface area contributed by atoms with Crippen molar-refractivity contribution < 1.29 is 33.0 Å². The van der Waals surface area contributed by atoms with E-state index in [1.165, 1.54) is 0 Å². The van der Waals surface area contributed by atoms with Crippen LogP contribution in [0, 0.1) is 0 Å². The fourth-order valence-corrected chi connectivity index (χ4v) is 3.95. The molecule has 4 rings (SSSR count). The van der Waals surface area contributed by atoms with Crippen LogP contribution in [0.3, 0.4) is 0 Å². The normalized spacial score (nSPS) is 15.3. The molecule has 0 saturated carbocycles. The van der Waals surface area contributed by atoms with Crippen LogP contribution in [0.15, 0.2) is 41.0 Å². The van der Waals surface area contributed by atoms with Crippen LogP contribution < -0.4 is 15.4 Å². The Bertz CT molecular complexity index is 1270. The number of anilines is 1. The van der Waals surface area contributed by atoms with Crippen molar-refractivity contribution in [2.24, 2.45) is 0 Å². The van der Waals surface area contributed by atoms with Crippen LogP contribution >= 0.6 is 11.6 Å². The molecule has 2 aromatic heterocycles. The van der Waals surface area contributed by atoms with Crippen LogP contribution in [0.1, 0.15) is 26.5 Å². The molecule has 13 heteroatoms. The average molecular weight is 562 g/mol. The molecule has 210 valence electrons. The lowest BCUT2D eigenvalue weighted by atomic mass is 10.2. The number of para-hydroxylation sites is 1. The fourth-order valence-electron chi connectivity index (χ4n) is 3.78. The Labute approximate surface area is 230 Å². The number of fused-ring (bicyclic) bond motifs is 1. The summed E-state index contributed by atoms with van der Waals surface area (Å²) in [7, 11) is 0. The van der Waals surface area contributed by atoms with Gasteiger partial charge in [0.15, 0.2) is 6.10 Å². The predicted molar refractivity (Wildman–Crippen MR) is 143 cm³/mol. The zero-order chi connectivity index (χ0) is 27.8. The minimum atomic E-state index is -0.559. The van der Waals surface area contributed by atoms with Gasteiger partial charge >= 0.3 is 12.2 Å². The Balaban J connectivity index is 1.23. The van der Waals surface area contributed by atoms with Crippen LogP contribution in [0.25, 0.3) is 10.9 Å². The van der Waals surface area contributed by atoms with E-state index in [-0.39, 0.29) is 11.9 Å². The van der Waals surface area contributed by atoms with E-state index >= 15 is 0 Å².